The molecule has 0 bridgehead atoms. The molecule has 1 heterocycles. The number of fused-ring (bicyclic) bond motifs is 1. The van der Waals surface area contributed by atoms with Crippen molar-refractivity contribution in [3.8, 4) is 17.2 Å². The molecule has 0 spiro atoms. The molecule has 21 heavy (non-hydrogen) atoms. The molecule has 110 valence electrons. The van der Waals surface area contributed by atoms with Crippen molar-refractivity contribution in [2.24, 2.45) is 0 Å². The number of ether oxygens (including phenoxy) is 3. The smallest absolute Gasteiger partial charge is 0.231 e. The van der Waals surface area contributed by atoms with Gasteiger partial charge in [-0.15, -0.1) is 0 Å². The second-order valence-corrected chi connectivity index (χ2v) is 5.16. The van der Waals surface area contributed by atoms with Crippen LogP contribution in [0.4, 0.5) is 0 Å². The van der Waals surface area contributed by atoms with Gasteiger partial charge in [0, 0.05) is 5.02 Å². The number of hydrogen-bond donors (Lipinski definition) is 1. The van der Waals surface area contributed by atoms with Crippen LogP contribution in [-0.4, -0.2) is 20.4 Å². The van der Waals surface area contributed by atoms with E-state index in [4.69, 9.17) is 25.8 Å². The number of benzene rings is 2. The van der Waals surface area contributed by atoms with Gasteiger partial charge >= 0.3 is 0 Å². The van der Waals surface area contributed by atoms with Crippen molar-refractivity contribution in [3.05, 3.63) is 53.1 Å². The zero-order valence-electron chi connectivity index (χ0n) is 11.6. The van der Waals surface area contributed by atoms with Crippen molar-refractivity contribution < 1.29 is 14.2 Å². The van der Waals surface area contributed by atoms with E-state index in [1.54, 1.807) is 0 Å². The first-order chi connectivity index (χ1) is 10.3. The SMILES string of the molecule is CNC(COc1ccc(Cl)cc1)c1ccc2c(c1)OCO2. The molecule has 0 saturated carbocycles. The Labute approximate surface area is 128 Å². The van der Waals surface area contributed by atoms with Crippen LogP contribution in [0.25, 0.3) is 0 Å². The Kier molecular flexibility index (Phi) is 4.18. The molecule has 0 aliphatic carbocycles. The summed E-state index contributed by atoms with van der Waals surface area (Å²) < 4.78 is 16.5. The third kappa shape index (κ3) is 3.23. The highest BCUT2D eigenvalue weighted by Crippen LogP contribution is 2.34. The predicted molar refractivity (Wildman–Crippen MR) is 81.3 cm³/mol. The highest BCUT2D eigenvalue weighted by molar-refractivity contribution is 6.30. The van der Waals surface area contributed by atoms with Crippen LogP contribution in [0.3, 0.4) is 0 Å². The lowest BCUT2D eigenvalue weighted by molar-refractivity contribution is 0.174. The summed E-state index contributed by atoms with van der Waals surface area (Å²) in [4.78, 5) is 0. The molecule has 0 radical (unpaired) electrons. The third-order valence-electron chi connectivity index (χ3n) is 3.38. The summed E-state index contributed by atoms with van der Waals surface area (Å²) in [6.07, 6.45) is 0. The largest absolute Gasteiger partial charge is 0.492 e. The molecule has 1 aliphatic rings. The molecule has 3 rings (SSSR count). The lowest BCUT2D eigenvalue weighted by Gasteiger charge is -2.18. The second kappa shape index (κ2) is 6.24. The maximum atomic E-state index is 5.86. The Balaban J connectivity index is 1.68. The van der Waals surface area contributed by atoms with Crippen molar-refractivity contribution >= 4 is 11.6 Å². The number of hydrogen-bond acceptors (Lipinski definition) is 4. The molecule has 1 N–H and O–H groups in total. The molecular weight excluding hydrogens is 290 g/mol. The molecule has 1 atom stereocenters. The van der Waals surface area contributed by atoms with E-state index in [-0.39, 0.29) is 12.8 Å². The van der Waals surface area contributed by atoms with E-state index < -0.39 is 0 Å². The lowest BCUT2D eigenvalue weighted by atomic mass is 10.1. The van der Waals surface area contributed by atoms with E-state index in [0.717, 1.165) is 22.8 Å². The monoisotopic (exact) mass is 305 g/mol. The van der Waals surface area contributed by atoms with Gasteiger partial charge in [0.05, 0.1) is 6.04 Å². The third-order valence-corrected chi connectivity index (χ3v) is 3.63. The molecule has 1 aliphatic heterocycles. The van der Waals surface area contributed by atoms with Crippen molar-refractivity contribution in [1.82, 2.24) is 5.32 Å². The van der Waals surface area contributed by atoms with Gasteiger partial charge < -0.3 is 19.5 Å². The molecule has 0 saturated heterocycles. The molecule has 4 nitrogen and oxygen atoms in total. The minimum Gasteiger partial charge on any atom is -0.492 e. The summed E-state index contributed by atoms with van der Waals surface area (Å²) in [6, 6.07) is 13.3. The lowest BCUT2D eigenvalue weighted by Crippen LogP contribution is -2.23. The van der Waals surface area contributed by atoms with Crippen LogP contribution in [0, 0.1) is 0 Å². The number of rotatable bonds is 5. The maximum Gasteiger partial charge on any atom is 0.231 e. The van der Waals surface area contributed by atoms with Gasteiger partial charge in [-0.2, -0.15) is 0 Å². The van der Waals surface area contributed by atoms with Gasteiger partial charge in [0.25, 0.3) is 0 Å². The Morgan fingerprint density at radius 1 is 1.14 bits per heavy atom. The fourth-order valence-corrected chi connectivity index (χ4v) is 2.31. The molecule has 2 aromatic rings. The van der Waals surface area contributed by atoms with Crippen LogP contribution < -0.4 is 19.5 Å². The first-order valence-corrected chi connectivity index (χ1v) is 7.09. The van der Waals surface area contributed by atoms with Crippen LogP contribution >= 0.6 is 11.6 Å². The second-order valence-electron chi connectivity index (χ2n) is 4.72. The highest BCUT2D eigenvalue weighted by Gasteiger charge is 2.17. The Morgan fingerprint density at radius 3 is 2.67 bits per heavy atom. The first-order valence-electron chi connectivity index (χ1n) is 6.71. The van der Waals surface area contributed by atoms with Crippen LogP contribution in [0.15, 0.2) is 42.5 Å². The van der Waals surface area contributed by atoms with E-state index in [2.05, 4.69) is 5.32 Å². The van der Waals surface area contributed by atoms with Gasteiger partial charge in [-0.1, -0.05) is 17.7 Å². The van der Waals surface area contributed by atoms with Gasteiger partial charge in [0.15, 0.2) is 11.5 Å². The summed E-state index contributed by atoms with van der Waals surface area (Å²) in [5, 5.41) is 3.94. The molecular formula is C16H16ClNO3. The van der Waals surface area contributed by atoms with E-state index in [9.17, 15) is 0 Å². The zero-order valence-corrected chi connectivity index (χ0v) is 12.4. The Hall–Kier alpha value is -1.91. The minimum atomic E-state index is 0.0650. The fraction of sp³-hybridized carbons (Fsp3) is 0.250. The van der Waals surface area contributed by atoms with Crippen molar-refractivity contribution in [3.63, 3.8) is 0 Å². The summed E-state index contributed by atoms with van der Waals surface area (Å²) in [5.41, 5.74) is 1.09. The van der Waals surface area contributed by atoms with Crippen molar-refractivity contribution in [2.75, 3.05) is 20.4 Å². The van der Waals surface area contributed by atoms with E-state index in [1.165, 1.54) is 0 Å². The van der Waals surface area contributed by atoms with Gasteiger partial charge in [-0.05, 0) is 49.0 Å². The molecule has 5 heteroatoms. The topological polar surface area (TPSA) is 39.7 Å². The molecule has 0 amide bonds. The van der Waals surface area contributed by atoms with Crippen LogP contribution in [0.5, 0.6) is 17.2 Å². The average molecular weight is 306 g/mol. The van der Waals surface area contributed by atoms with Crippen molar-refractivity contribution in [2.45, 2.75) is 6.04 Å². The fourth-order valence-electron chi connectivity index (χ4n) is 2.19. The van der Waals surface area contributed by atoms with Crippen LogP contribution in [0.2, 0.25) is 5.02 Å². The average Bonchev–Trinajstić information content (AvgIpc) is 2.97. The quantitative estimate of drug-likeness (QED) is 0.919. The zero-order chi connectivity index (χ0) is 14.7. The summed E-state index contributed by atoms with van der Waals surface area (Å²) >= 11 is 5.86. The first kappa shape index (κ1) is 14.0. The van der Waals surface area contributed by atoms with Crippen LogP contribution in [0.1, 0.15) is 11.6 Å². The maximum absolute atomic E-state index is 5.86. The van der Waals surface area contributed by atoms with Crippen molar-refractivity contribution in [1.29, 1.82) is 0 Å². The highest BCUT2D eigenvalue weighted by atomic mass is 35.5. The Morgan fingerprint density at radius 2 is 1.90 bits per heavy atom. The predicted octanol–water partition coefficient (Wildman–Crippen LogP) is 3.41. The normalized spacial score (nSPS) is 14.0. The van der Waals surface area contributed by atoms with Crippen LogP contribution in [-0.2, 0) is 0 Å². The number of halogens is 1. The summed E-state index contributed by atoms with van der Waals surface area (Å²) in [5.74, 6) is 2.35. The van der Waals surface area contributed by atoms with E-state index >= 15 is 0 Å². The molecule has 1 unspecified atom stereocenters. The standard InChI is InChI=1S/C16H16ClNO3/c1-18-14(9-19-13-5-3-12(17)4-6-13)11-2-7-15-16(8-11)21-10-20-15/h2-8,14,18H,9-10H2,1H3. The summed E-state index contributed by atoms with van der Waals surface area (Å²) in [6.45, 7) is 0.794. The van der Waals surface area contributed by atoms with Gasteiger partial charge in [-0.25, -0.2) is 0 Å². The number of likely N-dealkylation sites (N-methyl/N-ethyl adjacent to an activating group) is 1. The molecule has 0 fully saturated rings. The van der Waals surface area contributed by atoms with Gasteiger partial charge in [0.1, 0.15) is 12.4 Å². The minimum absolute atomic E-state index is 0.0650. The van der Waals surface area contributed by atoms with E-state index in [1.807, 2.05) is 49.5 Å². The molecule has 2 aromatic carbocycles. The summed E-state index contributed by atoms with van der Waals surface area (Å²) in [7, 11) is 1.90. The number of nitrogens with one attached hydrogen (secondary N) is 1. The molecule has 0 aromatic heterocycles. The van der Waals surface area contributed by atoms with E-state index in [0.29, 0.717) is 11.6 Å². The van der Waals surface area contributed by atoms with Gasteiger partial charge in [0.2, 0.25) is 6.79 Å². The van der Waals surface area contributed by atoms with Gasteiger partial charge in [-0.3, -0.25) is 0 Å². The Bertz CT molecular complexity index is 615.